The molecular formula is C8H13N3S. The van der Waals surface area contributed by atoms with Crippen LogP contribution in [0.2, 0.25) is 0 Å². The minimum Gasteiger partial charge on any atom is -0.327 e. The molecule has 1 rings (SSSR count). The van der Waals surface area contributed by atoms with Gasteiger partial charge in [-0.25, -0.2) is 4.98 Å². The van der Waals surface area contributed by atoms with Gasteiger partial charge in [-0.15, -0.1) is 11.8 Å². The monoisotopic (exact) mass is 183 g/mol. The Morgan fingerprint density at radius 3 is 3.00 bits per heavy atom. The smallest absolute Gasteiger partial charge is 0.114 e. The number of hydrogen-bond acceptors (Lipinski definition) is 4. The summed E-state index contributed by atoms with van der Waals surface area (Å²) in [5, 5.41) is 0.946. The van der Waals surface area contributed by atoms with Gasteiger partial charge >= 0.3 is 0 Å². The highest BCUT2D eigenvalue weighted by atomic mass is 32.2. The van der Waals surface area contributed by atoms with Crippen molar-refractivity contribution in [1.82, 2.24) is 9.97 Å². The van der Waals surface area contributed by atoms with Crippen molar-refractivity contribution < 1.29 is 0 Å². The van der Waals surface area contributed by atoms with E-state index in [1.54, 1.807) is 30.4 Å². The van der Waals surface area contributed by atoms with Crippen LogP contribution in [0.5, 0.6) is 0 Å². The Balaban J connectivity index is 2.33. The minimum absolute atomic E-state index is 0.261. The van der Waals surface area contributed by atoms with E-state index in [1.165, 1.54) is 0 Å². The average molecular weight is 183 g/mol. The maximum Gasteiger partial charge on any atom is 0.114 e. The molecular weight excluding hydrogens is 170 g/mol. The van der Waals surface area contributed by atoms with Crippen LogP contribution in [0.15, 0.2) is 23.6 Å². The van der Waals surface area contributed by atoms with Gasteiger partial charge in [0.05, 0.1) is 6.20 Å². The van der Waals surface area contributed by atoms with E-state index in [-0.39, 0.29) is 6.04 Å². The second kappa shape index (κ2) is 5.11. The molecule has 1 heterocycles. The fraction of sp³-hybridized carbons (Fsp3) is 0.500. The Morgan fingerprint density at radius 2 is 2.42 bits per heavy atom. The molecule has 0 aliphatic rings. The topological polar surface area (TPSA) is 51.8 Å². The summed E-state index contributed by atoms with van der Waals surface area (Å²) in [4.78, 5) is 8.09. The van der Waals surface area contributed by atoms with Crippen LogP contribution in [-0.2, 0) is 0 Å². The summed E-state index contributed by atoms with van der Waals surface area (Å²) < 4.78 is 0. The van der Waals surface area contributed by atoms with E-state index in [0.29, 0.717) is 0 Å². The van der Waals surface area contributed by atoms with Crippen molar-refractivity contribution in [2.24, 2.45) is 5.73 Å². The summed E-state index contributed by atoms with van der Waals surface area (Å²) in [6, 6.07) is 0.261. The highest BCUT2D eigenvalue weighted by Crippen LogP contribution is 2.13. The van der Waals surface area contributed by atoms with E-state index in [4.69, 9.17) is 5.73 Å². The largest absolute Gasteiger partial charge is 0.327 e. The first-order valence-corrected chi connectivity index (χ1v) is 4.96. The quantitative estimate of drug-likeness (QED) is 0.715. The number of nitrogens with zero attached hydrogens (tertiary/aromatic N) is 2. The van der Waals surface area contributed by atoms with Gasteiger partial charge in [0, 0.05) is 24.2 Å². The molecule has 1 aromatic heterocycles. The lowest BCUT2D eigenvalue weighted by Gasteiger charge is -2.06. The molecule has 0 aliphatic heterocycles. The lowest BCUT2D eigenvalue weighted by molar-refractivity contribution is 0.724. The summed E-state index contributed by atoms with van der Waals surface area (Å²) in [6.45, 7) is 2.09. The molecule has 2 N–H and O–H groups in total. The summed E-state index contributed by atoms with van der Waals surface area (Å²) in [7, 11) is 0. The molecule has 0 aromatic carbocycles. The van der Waals surface area contributed by atoms with E-state index in [0.717, 1.165) is 17.2 Å². The number of hydrogen-bond donors (Lipinski definition) is 1. The number of thioether (sulfide) groups is 1. The third-order valence-electron chi connectivity index (χ3n) is 1.51. The first-order chi connectivity index (χ1) is 5.83. The molecule has 0 aliphatic carbocycles. The predicted molar refractivity (Wildman–Crippen MR) is 51.0 cm³/mol. The van der Waals surface area contributed by atoms with E-state index in [2.05, 4.69) is 16.9 Å². The van der Waals surface area contributed by atoms with Gasteiger partial charge in [-0.2, -0.15) is 0 Å². The summed E-state index contributed by atoms with van der Waals surface area (Å²) in [5.74, 6) is 0.912. The Morgan fingerprint density at radius 1 is 1.58 bits per heavy atom. The molecule has 1 aromatic rings. The summed E-state index contributed by atoms with van der Waals surface area (Å²) in [5.41, 5.74) is 5.75. The lowest BCUT2D eigenvalue weighted by Crippen LogP contribution is -2.21. The average Bonchev–Trinajstić information content (AvgIpc) is 2.16. The fourth-order valence-electron chi connectivity index (χ4n) is 0.670. The first-order valence-electron chi connectivity index (χ1n) is 3.97. The van der Waals surface area contributed by atoms with Crippen LogP contribution in [-0.4, -0.2) is 21.8 Å². The molecule has 0 saturated carbocycles. The Hall–Kier alpha value is -0.610. The van der Waals surface area contributed by atoms with E-state index < -0.39 is 0 Å². The minimum atomic E-state index is 0.261. The molecule has 0 saturated heterocycles. The van der Waals surface area contributed by atoms with Crippen LogP contribution in [0, 0.1) is 0 Å². The molecule has 0 radical (unpaired) electrons. The third-order valence-corrected chi connectivity index (χ3v) is 2.61. The van der Waals surface area contributed by atoms with E-state index in [1.807, 2.05) is 0 Å². The Bertz CT molecular complexity index is 215. The maximum atomic E-state index is 5.75. The van der Waals surface area contributed by atoms with Crippen LogP contribution in [0.1, 0.15) is 13.3 Å². The molecule has 12 heavy (non-hydrogen) atoms. The van der Waals surface area contributed by atoms with Crippen molar-refractivity contribution in [3.63, 3.8) is 0 Å². The standard InChI is InChI=1S/C8H13N3S/c1-2-7(9)6-12-8-5-10-3-4-11-8/h3-5,7H,2,6,9H2,1H3. The molecule has 0 bridgehead atoms. The highest BCUT2D eigenvalue weighted by molar-refractivity contribution is 7.99. The third kappa shape index (κ3) is 3.19. The van der Waals surface area contributed by atoms with Gasteiger partial charge in [0.15, 0.2) is 0 Å². The van der Waals surface area contributed by atoms with Gasteiger partial charge in [-0.1, -0.05) is 6.92 Å². The number of aromatic nitrogens is 2. The first kappa shape index (κ1) is 9.48. The van der Waals surface area contributed by atoms with Crippen LogP contribution in [0.3, 0.4) is 0 Å². The van der Waals surface area contributed by atoms with Crippen LogP contribution in [0.4, 0.5) is 0 Å². The van der Waals surface area contributed by atoms with Crippen LogP contribution >= 0.6 is 11.8 Å². The predicted octanol–water partition coefficient (Wildman–Crippen LogP) is 1.31. The zero-order chi connectivity index (χ0) is 8.81. The van der Waals surface area contributed by atoms with Crippen LogP contribution in [0.25, 0.3) is 0 Å². The second-order valence-electron chi connectivity index (χ2n) is 2.52. The zero-order valence-electron chi connectivity index (χ0n) is 7.10. The van der Waals surface area contributed by atoms with Crippen molar-refractivity contribution in [2.45, 2.75) is 24.4 Å². The molecule has 3 nitrogen and oxygen atoms in total. The molecule has 0 spiro atoms. The van der Waals surface area contributed by atoms with E-state index >= 15 is 0 Å². The molecule has 66 valence electrons. The van der Waals surface area contributed by atoms with Crippen molar-refractivity contribution in [1.29, 1.82) is 0 Å². The van der Waals surface area contributed by atoms with Gasteiger partial charge < -0.3 is 5.73 Å². The van der Waals surface area contributed by atoms with Crippen molar-refractivity contribution in [2.75, 3.05) is 5.75 Å². The van der Waals surface area contributed by atoms with Gasteiger partial charge in [0.25, 0.3) is 0 Å². The number of rotatable bonds is 4. The summed E-state index contributed by atoms with van der Waals surface area (Å²) >= 11 is 1.65. The van der Waals surface area contributed by atoms with Crippen molar-refractivity contribution >= 4 is 11.8 Å². The normalized spacial score (nSPS) is 12.8. The van der Waals surface area contributed by atoms with Gasteiger partial charge in [-0.3, -0.25) is 4.98 Å². The molecule has 0 amide bonds. The highest BCUT2D eigenvalue weighted by Gasteiger charge is 2.00. The van der Waals surface area contributed by atoms with Gasteiger partial charge in [-0.05, 0) is 6.42 Å². The van der Waals surface area contributed by atoms with Gasteiger partial charge in [0.2, 0.25) is 0 Å². The summed E-state index contributed by atoms with van der Waals surface area (Å²) in [6.07, 6.45) is 6.13. The Kier molecular flexibility index (Phi) is 4.04. The molecule has 0 fully saturated rings. The fourth-order valence-corrected chi connectivity index (χ4v) is 1.56. The molecule has 1 atom stereocenters. The molecule has 1 unspecified atom stereocenters. The lowest BCUT2D eigenvalue weighted by atomic mass is 10.3. The molecule has 4 heteroatoms. The SMILES string of the molecule is CCC(N)CSc1cnccn1. The van der Waals surface area contributed by atoms with Gasteiger partial charge in [0.1, 0.15) is 5.03 Å². The van der Waals surface area contributed by atoms with Crippen molar-refractivity contribution in [3.05, 3.63) is 18.6 Å². The Labute approximate surface area is 76.8 Å². The maximum absolute atomic E-state index is 5.75. The van der Waals surface area contributed by atoms with E-state index in [9.17, 15) is 0 Å². The number of nitrogens with two attached hydrogens (primary N) is 1. The zero-order valence-corrected chi connectivity index (χ0v) is 7.92. The second-order valence-corrected chi connectivity index (χ2v) is 3.56. The van der Waals surface area contributed by atoms with Crippen molar-refractivity contribution in [3.8, 4) is 0 Å². The van der Waals surface area contributed by atoms with Crippen LogP contribution < -0.4 is 5.73 Å².